The molecule has 2 aromatic carbocycles. The number of amides is 1. The molecular weight excluding hydrogens is 343 g/mol. The van der Waals surface area contributed by atoms with Gasteiger partial charge in [-0.25, -0.2) is 4.39 Å². The van der Waals surface area contributed by atoms with E-state index in [9.17, 15) is 9.18 Å². The van der Waals surface area contributed by atoms with Crippen LogP contribution in [-0.2, 0) is 10.2 Å². The minimum Gasteiger partial charge on any atom is -0.497 e. The monoisotopic (exact) mass is 368 g/mol. The van der Waals surface area contributed by atoms with E-state index in [-0.39, 0.29) is 23.2 Å². The molecule has 4 nitrogen and oxygen atoms in total. The number of anilines is 1. The molecule has 2 fully saturated rings. The first-order valence-electron chi connectivity index (χ1n) is 9.57. The Labute approximate surface area is 159 Å². The molecule has 0 unspecified atom stereocenters. The SMILES string of the molecule is COc1ccc(C2(C(=O)NC3CCN(c4ccccc4F)CC3)CC2)cc1. The van der Waals surface area contributed by atoms with Crippen molar-refractivity contribution in [3.8, 4) is 5.75 Å². The number of hydrogen-bond acceptors (Lipinski definition) is 3. The average Bonchev–Trinajstić information content (AvgIpc) is 3.51. The van der Waals surface area contributed by atoms with Crippen LogP contribution in [0.1, 0.15) is 31.2 Å². The largest absolute Gasteiger partial charge is 0.497 e. The zero-order chi connectivity index (χ0) is 18.9. The van der Waals surface area contributed by atoms with E-state index in [4.69, 9.17) is 4.74 Å². The zero-order valence-corrected chi connectivity index (χ0v) is 15.6. The van der Waals surface area contributed by atoms with Crippen molar-refractivity contribution in [3.63, 3.8) is 0 Å². The van der Waals surface area contributed by atoms with Gasteiger partial charge in [-0.15, -0.1) is 0 Å². The molecule has 0 spiro atoms. The second-order valence-electron chi connectivity index (χ2n) is 7.50. The van der Waals surface area contributed by atoms with E-state index in [0.717, 1.165) is 50.1 Å². The number of ether oxygens (including phenoxy) is 1. The van der Waals surface area contributed by atoms with Gasteiger partial charge in [0, 0.05) is 19.1 Å². The molecule has 1 saturated heterocycles. The molecule has 1 N–H and O–H groups in total. The number of carbonyl (C=O) groups is 1. The maximum Gasteiger partial charge on any atom is 0.230 e. The summed E-state index contributed by atoms with van der Waals surface area (Å²) in [6, 6.07) is 14.8. The van der Waals surface area contributed by atoms with E-state index in [2.05, 4.69) is 10.2 Å². The molecule has 1 aliphatic carbocycles. The summed E-state index contributed by atoms with van der Waals surface area (Å²) in [5.41, 5.74) is 1.33. The molecule has 1 aliphatic heterocycles. The van der Waals surface area contributed by atoms with Crippen LogP contribution in [0.25, 0.3) is 0 Å². The summed E-state index contributed by atoms with van der Waals surface area (Å²) in [5.74, 6) is 0.740. The van der Waals surface area contributed by atoms with Crippen LogP contribution in [0, 0.1) is 5.82 Å². The molecule has 0 bridgehead atoms. The predicted molar refractivity (Wildman–Crippen MR) is 104 cm³/mol. The van der Waals surface area contributed by atoms with Gasteiger partial charge in [-0.3, -0.25) is 4.79 Å². The quantitative estimate of drug-likeness (QED) is 0.876. The summed E-state index contributed by atoms with van der Waals surface area (Å²) in [6.45, 7) is 1.50. The van der Waals surface area contributed by atoms with Gasteiger partial charge < -0.3 is 15.0 Å². The molecule has 1 saturated carbocycles. The standard InChI is InChI=1S/C22H25FN2O2/c1-27-18-8-6-16(7-9-18)22(12-13-22)21(26)24-17-10-14-25(15-11-17)20-5-3-2-4-19(20)23/h2-9,17H,10-15H2,1H3,(H,24,26). The molecule has 2 aromatic rings. The number of piperidine rings is 1. The predicted octanol–water partition coefficient (Wildman–Crippen LogP) is 3.65. The average molecular weight is 368 g/mol. The number of rotatable bonds is 5. The molecule has 4 rings (SSSR count). The lowest BCUT2D eigenvalue weighted by Crippen LogP contribution is -2.47. The van der Waals surface area contributed by atoms with E-state index in [1.165, 1.54) is 6.07 Å². The third-order valence-corrected chi connectivity index (χ3v) is 5.85. The topological polar surface area (TPSA) is 41.6 Å². The lowest BCUT2D eigenvalue weighted by molar-refractivity contribution is -0.124. The Hall–Kier alpha value is -2.56. The number of benzene rings is 2. The van der Waals surface area contributed by atoms with Gasteiger partial charge >= 0.3 is 0 Å². The normalized spacial score (nSPS) is 18.8. The summed E-state index contributed by atoms with van der Waals surface area (Å²) in [5, 5.41) is 3.24. The van der Waals surface area contributed by atoms with E-state index < -0.39 is 0 Å². The summed E-state index contributed by atoms with van der Waals surface area (Å²) >= 11 is 0. The van der Waals surface area contributed by atoms with Crippen LogP contribution in [-0.4, -0.2) is 32.1 Å². The van der Waals surface area contributed by atoms with Gasteiger partial charge in [0.2, 0.25) is 5.91 Å². The maximum absolute atomic E-state index is 14.0. The summed E-state index contributed by atoms with van der Waals surface area (Å²) in [6.07, 6.45) is 3.44. The van der Waals surface area contributed by atoms with Crippen LogP contribution in [0.3, 0.4) is 0 Å². The molecule has 0 atom stereocenters. The van der Waals surface area contributed by atoms with Crippen LogP contribution in [0.15, 0.2) is 48.5 Å². The Kier molecular flexibility index (Phi) is 4.77. The van der Waals surface area contributed by atoms with Crippen molar-refractivity contribution in [2.24, 2.45) is 0 Å². The minimum absolute atomic E-state index is 0.122. The fourth-order valence-corrected chi connectivity index (χ4v) is 3.98. The van der Waals surface area contributed by atoms with Crippen LogP contribution in [0.5, 0.6) is 5.75 Å². The molecule has 0 radical (unpaired) electrons. The third kappa shape index (κ3) is 3.51. The van der Waals surface area contributed by atoms with Crippen molar-refractivity contribution in [1.82, 2.24) is 5.32 Å². The highest BCUT2D eigenvalue weighted by Crippen LogP contribution is 2.48. The number of para-hydroxylation sites is 1. The van der Waals surface area contributed by atoms with Crippen LogP contribution < -0.4 is 15.0 Å². The first-order chi connectivity index (χ1) is 13.1. The van der Waals surface area contributed by atoms with Crippen molar-refractivity contribution < 1.29 is 13.9 Å². The zero-order valence-electron chi connectivity index (χ0n) is 15.6. The lowest BCUT2D eigenvalue weighted by atomic mass is 9.93. The second kappa shape index (κ2) is 7.22. The Bertz CT molecular complexity index is 809. The lowest BCUT2D eigenvalue weighted by Gasteiger charge is -2.34. The Morgan fingerprint density at radius 3 is 2.37 bits per heavy atom. The van der Waals surface area contributed by atoms with Gasteiger partial charge in [0.05, 0.1) is 18.2 Å². The highest BCUT2D eigenvalue weighted by molar-refractivity contribution is 5.91. The van der Waals surface area contributed by atoms with Crippen LogP contribution >= 0.6 is 0 Å². The summed E-state index contributed by atoms with van der Waals surface area (Å²) in [7, 11) is 1.64. The number of methoxy groups -OCH3 is 1. The minimum atomic E-state index is -0.380. The number of hydrogen-bond donors (Lipinski definition) is 1. The highest BCUT2D eigenvalue weighted by Gasteiger charge is 2.51. The van der Waals surface area contributed by atoms with Gasteiger partial charge in [-0.2, -0.15) is 0 Å². The molecule has 5 heteroatoms. The smallest absolute Gasteiger partial charge is 0.230 e. The number of carbonyl (C=O) groups excluding carboxylic acids is 1. The van der Waals surface area contributed by atoms with Gasteiger partial charge in [-0.05, 0) is 55.5 Å². The third-order valence-electron chi connectivity index (χ3n) is 5.85. The van der Waals surface area contributed by atoms with Crippen molar-refractivity contribution in [3.05, 3.63) is 59.9 Å². The Balaban J connectivity index is 1.36. The first kappa shape index (κ1) is 17.8. The molecule has 142 valence electrons. The first-order valence-corrected chi connectivity index (χ1v) is 9.57. The number of nitrogens with zero attached hydrogens (tertiary/aromatic N) is 1. The van der Waals surface area contributed by atoms with E-state index in [1.807, 2.05) is 36.4 Å². The van der Waals surface area contributed by atoms with Crippen molar-refractivity contribution in [2.75, 3.05) is 25.1 Å². The maximum atomic E-state index is 14.0. The van der Waals surface area contributed by atoms with E-state index in [0.29, 0.717) is 5.69 Å². The molecule has 1 amide bonds. The van der Waals surface area contributed by atoms with Gasteiger partial charge in [-0.1, -0.05) is 24.3 Å². The number of nitrogens with one attached hydrogen (secondary N) is 1. The van der Waals surface area contributed by atoms with Gasteiger partial charge in [0.25, 0.3) is 0 Å². The van der Waals surface area contributed by atoms with Gasteiger partial charge in [0.15, 0.2) is 0 Å². The molecule has 0 aromatic heterocycles. The van der Waals surface area contributed by atoms with Crippen LogP contribution in [0.4, 0.5) is 10.1 Å². The van der Waals surface area contributed by atoms with Crippen molar-refractivity contribution in [2.45, 2.75) is 37.1 Å². The highest BCUT2D eigenvalue weighted by atomic mass is 19.1. The molecule has 1 heterocycles. The van der Waals surface area contributed by atoms with Gasteiger partial charge in [0.1, 0.15) is 11.6 Å². The molecule has 2 aliphatic rings. The van der Waals surface area contributed by atoms with E-state index in [1.54, 1.807) is 13.2 Å². The van der Waals surface area contributed by atoms with Crippen molar-refractivity contribution in [1.29, 1.82) is 0 Å². The summed E-state index contributed by atoms with van der Waals surface area (Å²) in [4.78, 5) is 15.0. The summed E-state index contributed by atoms with van der Waals surface area (Å²) < 4.78 is 19.2. The fourth-order valence-electron chi connectivity index (χ4n) is 3.98. The fraction of sp³-hybridized carbons (Fsp3) is 0.409. The number of halogens is 1. The van der Waals surface area contributed by atoms with E-state index >= 15 is 0 Å². The Morgan fingerprint density at radius 1 is 1.11 bits per heavy atom. The molecule has 27 heavy (non-hydrogen) atoms. The van der Waals surface area contributed by atoms with Crippen molar-refractivity contribution >= 4 is 11.6 Å². The second-order valence-corrected chi connectivity index (χ2v) is 7.50. The Morgan fingerprint density at radius 2 is 1.78 bits per heavy atom. The van der Waals surface area contributed by atoms with Crippen LogP contribution in [0.2, 0.25) is 0 Å². The molecular formula is C22H25FN2O2.